The average molecular weight is 665 g/mol. The molecule has 2 saturated heterocycles. The summed E-state index contributed by atoms with van der Waals surface area (Å²) < 4.78 is 18.8. The van der Waals surface area contributed by atoms with Crippen LogP contribution in [-0.4, -0.2) is 85.4 Å². The minimum absolute atomic E-state index is 0.0277. The minimum atomic E-state index is -0.122. The Hall–Kier alpha value is -4.75. The molecule has 1 amide bonds. The van der Waals surface area contributed by atoms with Crippen molar-refractivity contribution in [3.05, 3.63) is 77.9 Å². The van der Waals surface area contributed by atoms with Crippen molar-refractivity contribution in [1.82, 2.24) is 19.4 Å². The van der Waals surface area contributed by atoms with Gasteiger partial charge in [-0.3, -0.25) is 4.79 Å². The first kappa shape index (κ1) is 34.1. The lowest BCUT2D eigenvalue weighted by molar-refractivity contribution is 0.0779. The number of fused-ring (bicyclic) bond motifs is 1. The molecule has 6 rings (SSSR count). The second-order valence-electron chi connectivity index (χ2n) is 13.2. The summed E-state index contributed by atoms with van der Waals surface area (Å²) in [4.78, 5) is 23.4. The summed E-state index contributed by atoms with van der Waals surface area (Å²) in [6.45, 7) is 5.20. The number of imidazole rings is 1. The number of nitrogens with zero attached hydrogens (tertiary/aromatic N) is 5. The van der Waals surface area contributed by atoms with Crippen molar-refractivity contribution in [2.75, 3.05) is 59.4 Å². The van der Waals surface area contributed by atoms with Crippen molar-refractivity contribution in [3.63, 3.8) is 0 Å². The normalized spacial score (nSPS) is 18.4. The molecular formula is C39H48N6O4. The maximum Gasteiger partial charge on any atom is 0.254 e. The molecule has 0 bridgehead atoms. The van der Waals surface area contributed by atoms with Gasteiger partial charge in [-0.2, -0.15) is 5.26 Å². The molecule has 3 aromatic carbocycles. The molecule has 0 saturated carbocycles. The third-order valence-corrected chi connectivity index (χ3v) is 10.3. The molecule has 10 heteroatoms. The molecule has 3 heterocycles. The third kappa shape index (κ3) is 7.47. The first-order valence-electron chi connectivity index (χ1n) is 17.4. The summed E-state index contributed by atoms with van der Waals surface area (Å²) in [6, 6.07) is 25.1. The van der Waals surface area contributed by atoms with Gasteiger partial charge in [-0.1, -0.05) is 42.5 Å². The Labute approximate surface area is 289 Å². The van der Waals surface area contributed by atoms with Gasteiger partial charge in [0.05, 0.1) is 38.4 Å². The molecule has 2 fully saturated rings. The van der Waals surface area contributed by atoms with Gasteiger partial charge in [0.1, 0.15) is 0 Å². The Kier molecular flexibility index (Phi) is 10.9. The fraction of sp³-hybridized carbons (Fsp3) is 0.462. The lowest BCUT2D eigenvalue weighted by Gasteiger charge is -2.36. The van der Waals surface area contributed by atoms with Crippen molar-refractivity contribution in [3.8, 4) is 23.3 Å². The summed E-state index contributed by atoms with van der Waals surface area (Å²) in [5.74, 6) is 2.34. The van der Waals surface area contributed by atoms with Crippen LogP contribution in [0, 0.1) is 11.3 Å². The Morgan fingerprint density at radius 1 is 0.939 bits per heavy atom. The number of unbranched alkanes of at least 4 members (excludes halogenated alkanes) is 2. The molecule has 49 heavy (non-hydrogen) atoms. The van der Waals surface area contributed by atoms with Crippen molar-refractivity contribution in [2.45, 2.75) is 62.9 Å². The van der Waals surface area contributed by atoms with Gasteiger partial charge >= 0.3 is 0 Å². The molecule has 10 nitrogen and oxygen atoms in total. The fourth-order valence-corrected chi connectivity index (χ4v) is 7.55. The van der Waals surface area contributed by atoms with Crippen LogP contribution in [0.5, 0.6) is 17.2 Å². The van der Waals surface area contributed by atoms with Gasteiger partial charge in [0.2, 0.25) is 11.7 Å². The van der Waals surface area contributed by atoms with Crippen molar-refractivity contribution >= 4 is 22.9 Å². The lowest BCUT2D eigenvalue weighted by Crippen LogP contribution is -2.42. The number of benzene rings is 3. The van der Waals surface area contributed by atoms with E-state index in [1.807, 2.05) is 11.0 Å². The van der Waals surface area contributed by atoms with Crippen LogP contribution in [0.4, 0.5) is 5.95 Å². The molecule has 2 aliphatic rings. The number of hydrogen-bond acceptors (Lipinski definition) is 8. The molecule has 2 aliphatic heterocycles. The van der Waals surface area contributed by atoms with E-state index in [4.69, 9.17) is 24.5 Å². The van der Waals surface area contributed by atoms with Gasteiger partial charge in [0.15, 0.2) is 11.5 Å². The van der Waals surface area contributed by atoms with Gasteiger partial charge < -0.3 is 33.9 Å². The number of carbonyl (C=O) groups excluding carboxylic acids is 1. The number of carbonyl (C=O) groups is 1. The van der Waals surface area contributed by atoms with Gasteiger partial charge in [-0.15, -0.1) is 0 Å². The Morgan fingerprint density at radius 2 is 1.65 bits per heavy atom. The van der Waals surface area contributed by atoms with Crippen LogP contribution in [0.15, 0.2) is 66.7 Å². The predicted molar refractivity (Wildman–Crippen MR) is 192 cm³/mol. The highest BCUT2D eigenvalue weighted by Crippen LogP contribution is 2.41. The first-order valence-corrected chi connectivity index (χ1v) is 17.4. The SMILES string of the molecule is COc1cc(C(=O)N2CCC(CCN3CCC(Nc4nc5ccccc5n4CCCCC#N)CC3)(c3ccccc3)C2)cc(OC)c1OC. The van der Waals surface area contributed by atoms with Crippen LogP contribution in [0.25, 0.3) is 11.0 Å². The van der Waals surface area contributed by atoms with Crippen LogP contribution < -0.4 is 19.5 Å². The van der Waals surface area contributed by atoms with E-state index >= 15 is 0 Å². The highest BCUT2D eigenvalue weighted by molar-refractivity contribution is 5.96. The second kappa shape index (κ2) is 15.6. The van der Waals surface area contributed by atoms with Crippen molar-refractivity contribution in [2.24, 2.45) is 0 Å². The highest BCUT2D eigenvalue weighted by atomic mass is 16.5. The number of aromatic nitrogens is 2. The molecule has 1 aromatic heterocycles. The molecular weight excluding hydrogens is 616 g/mol. The Balaban J connectivity index is 1.10. The fourth-order valence-electron chi connectivity index (χ4n) is 7.55. The molecule has 1 N–H and O–H groups in total. The van der Waals surface area contributed by atoms with E-state index in [0.717, 1.165) is 81.7 Å². The number of methoxy groups -OCH3 is 3. The van der Waals surface area contributed by atoms with Crippen LogP contribution in [0.3, 0.4) is 0 Å². The zero-order valence-corrected chi connectivity index (χ0v) is 29.0. The summed E-state index contributed by atoms with van der Waals surface area (Å²) in [6.07, 6.45) is 6.41. The van der Waals surface area contributed by atoms with E-state index in [1.165, 1.54) is 5.56 Å². The molecule has 0 spiro atoms. The molecule has 0 aliphatic carbocycles. The number of nitriles is 1. The van der Waals surface area contributed by atoms with E-state index < -0.39 is 0 Å². The Bertz CT molecular complexity index is 1740. The first-order chi connectivity index (χ1) is 24.0. The number of piperidine rings is 1. The van der Waals surface area contributed by atoms with Crippen LogP contribution in [-0.2, 0) is 12.0 Å². The second-order valence-corrected chi connectivity index (χ2v) is 13.2. The predicted octanol–water partition coefficient (Wildman–Crippen LogP) is 6.51. The number of amides is 1. The zero-order chi connectivity index (χ0) is 34.2. The monoisotopic (exact) mass is 664 g/mol. The van der Waals surface area contributed by atoms with Gasteiger partial charge in [0.25, 0.3) is 5.91 Å². The molecule has 258 valence electrons. The van der Waals surface area contributed by atoms with Gasteiger partial charge in [-0.25, -0.2) is 4.98 Å². The summed E-state index contributed by atoms with van der Waals surface area (Å²) in [5.41, 5.74) is 3.84. The number of aryl methyl sites for hydroxylation is 1. The number of nitrogens with one attached hydrogen (secondary N) is 1. The number of anilines is 1. The Morgan fingerprint density at radius 3 is 2.35 bits per heavy atom. The number of hydrogen-bond donors (Lipinski definition) is 1. The van der Waals surface area contributed by atoms with Crippen LogP contribution in [0.1, 0.15) is 60.9 Å². The van der Waals surface area contributed by atoms with Crippen LogP contribution >= 0.6 is 0 Å². The van der Waals surface area contributed by atoms with Crippen LogP contribution in [0.2, 0.25) is 0 Å². The zero-order valence-electron chi connectivity index (χ0n) is 29.0. The van der Waals surface area contributed by atoms with E-state index in [2.05, 4.69) is 69.4 Å². The van der Waals surface area contributed by atoms with Gasteiger partial charge in [0, 0.05) is 56.2 Å². The quantitative estimate of drug-likeness (QED) is 0.152. The molecule has 1 unspecified atom stereocenters. The van der Waals surface area contributed by atoms with E-state index in [-0.39, 0.29) is 11.3 Å². The van der Waals surface area contributed by atoms with Crippen molar-refractivity contribution in [1.29, 1.82) is 5.26 Å². The van der Waals surface area contributed by atoms with E-state index in [9.17, 15) is 4.79 Å². The van der Waals surface area contributed by atoms with E-state index in [1.54, 1.807) is 33.5 Å². The largest absolute Gasteiger partial charge is 0.493 e. The lowest BCUT2D eigenvalue weighted by atomic mass is 9.76. The standard InChI is InChI=1S/C39H48N6O4/c1-47-34-26-29(27-35(48-2)36(34)49-3)37(46)44-25-19-39(28-44,30-12-6-4-7-13-30)18-24-43-22-16-31(17-23-43)41-38-42-32-14-8-9-15-33(32)45(38)21-11-5-10-20-40/h4,6-9,12-15,26-27,31H,5,10-11,16-19,21-25,28H2,1-3H3,(H,41,42). The maximum atomic E-state index is 13.9. The summed E-state index contributed by atoms with van der Waals surface area (Å²) >= 11 is 0. The molecule has 4 aromatic rings. The number of likely N-dealkylation sites (tertiary alicyclic amines) is 2. The summed E-state index contributed by atoms with van der Waals surface area (Å²) in [5, 5.41) is 12.7. The van der Waals surface area contributed by atoms with Gasteiger partial charge in [-0.05, 0) is 74.9 Å². The summed E-state index contributed by atoms with van der Waals surface area (Å²) in [7, 11) is 4.70. The topological polar surface area (TPSA) is 105 Å². The van der Waals surface area contributed by atoms with E-state index in [0.29, 0.717) is 48.4 Å². The smallest absolute Gasteiger partial charge is 0.254 e. The number of para-hydroxylation sites is 2. The minimum Gasteiger partial charge on any atom is -0.493 e. The number of rotatable bonds is 14. The molecule has 1 atom stereocenters. The third-order valence-electron chi connectivity index (χ3n) is 10.3. The average Bonchev–Trinajstić information content (AvgIpc) is 3.74. The van der Waals surface area contributed by atoms with Crippen molar-refractivity contribution < 1.29 is 19.0 Å². The highest BCUT2D eigenvalue weighted by Gasteiger charge is 2.42. The maximum absolute atomic E-state index is 13.9. The number of ether oxygens (including phenoxy) is 3. The molecule has 0 radical (unpaired) electrons.